The van der Waals surface area contributed by atoms with Gasteiger partial charge in [-0.1, -0.05) is 36.0 Å². The van der Waals surface area contributed by atoms with Crippen LogP contribution in [-0.2, 0) is 0 Å². The number of hydrogen-bond donors (Lipinski definition) is 1. The summed E-state index contributed by atoms with van der Waals surface area (Å²) in [6.45, 7) is 0. The van der Waals surface area contributed by atoms with Crippen LogP contribution in [0.5, 0.6) is 5.75 Å². The molecule has 1 aliphatic rings. The second-order valence-corrected chi connectivity index (χ2v) is 7.03. The van der Waals surface area contributed by atoms with Crippen LogP contribution in [0.1, 0.15) is 10.9 Å². The molecule has 7 heteroatoms. The average Bonchev–Trinajstić information content (AvgIpc) is 3.22. The second-order valence-electron chi connectivity index (χ2n) is 5.95. The third-order valence-electron chi connectivity index (χ3n) is 4.16. The van der Waals surface area contributed by atoms with Gasteiger partial charge in [-0.05, 0) is 29.8 Å². The molecule has 1 aromatic heterocycles. The molecule has 2 heterocycles. The fraction of sp³-hybridized carbons (Fsp3) is 0.222. The molecular weight excluding hydrogens is 334 g/mol. The van der Waals surface area contributed by atoms with Gasteiger partial charge in [-0.3, -0.25) is 0 Å². The predicted molar refractivity (Wildman–Crippen MR) is 101 cm³/mol. The molecule has 2 aromatic carbocycles. The molecule has 0 fully saturated rings. The van der Waals surface area contributed by atoms with Crippen LogP contribution in [0, 0.1) is 0 Å². The van der Waals surface area contributed by atoms with Crippen LogP contribution < -0.4 is 15.1 Å². The highest BCUT2D eigenvalue weighted by Gasteiger charge is 2.29. The number of fused-ring (bicyclic) bond motifs is 1. The van der Waals surface area contributed by atoms with E-state index in [0.717, 1.165) is 22.3 Å². The molecule has 0 saturated carbocycles. The Morgan fingerprint density at radius 1 is 1.08 bits per heavy atom. The zero-order valence-electron chi connectivity index (χ0n) is 14.3. The summed E-state index contributed by atoms with van der Waals surface area (Å²) in [5.41, 5.74) is 6.78. The van der Waals surface area contributed by atoms with Crippen molar-refractivity contribution >= 4 is 17.4 Å². The van der Waals surface area contributed by atoms with Gasteiger partial charge in [0.05, 0.1) is 12.7 Å². The smallest absolute Gasteiger partial charge is 0.212 e. The minimum Gasteiger partial charge on any atom is -0.496 e. The molecule has 4 rings (SSSR count). The van der Waals surface area contributed by atoms with E-state index in [1.807, 2.05) is 43.0 Å². The summed E-state index contributed by atoms with van der Waals surface area (Å²) in [6, 6.07) is 16.4. The quantitative estimate of drug-likeness (QED) is 0.776. The Kier molecular flexibility index (Phi) is 4.01. The van der Waals surface area contributed by atoms with E-state index in [1.165, 1.54) is 11.3 Å². The summed E-state index contributed by atoms with van der Waals surface area (Å²) in [4.78, 5) is 2.09. The number of nitrogens with one attached hydrogen (secondary N) is 1. The molecule has 128 valence electrons. The minimum atomic E-state index is 0.107. The zero-order chi connectivity index (χ0) is 17.4. The normalized spacial score (nSPS) is 15.6. The number of hydrogen-bond acceptors (Lipinski definition) is 6. The maximum Gasteiger partial charge on any atom is 0.212 e. The number of thioether (sulfide) groups is 1. The summed E-state index contributed by atoms with van der Waals surface area (Å²) in [5.74, 6) is 1.54. The molecule has 6 nitrogen and oxygen atoms in total. The molecule has 25 heavy (non-hydrogen) atoms. The fourth-order valence-corrected chi connectivity index (χ4v) is 3.80. The number of para-hydroxylation sites is 1. The SMILES string of the molecule is COc1ccccc1-c1nnc2n1N[C@H](c1ccc(N(C)C)cc1)S2. The first kappa shape index (κ1) is 15.8. The first-order valence-corrected chi connectivity index (χ1v) is 8.84. The number of methoxy groups -OCH3 is 1. The standard InChI is InChI=1S/C18H19N5OS/c1-22(2)13-10-8-12(9-11-13)17-21-23-16(19-20-18(23)25-17)14-6-4-5-7-15(14)24-3/h4-11,17,21H,1-3H3/t17-/m0/s1. The van der Waals surface area contributed by atoms with E-state index in [0.29, 0.717) is 0 Å². The van der Waals surface area contributed by atoms with Gasteiger partial charge in [0.25, 0.3) is 0 Å². The van der Waals surface area contributed by atoms with E-state index in [1.54, 1.807) is 18.9 Å². The number of anilines is 1. The number of rotatable bonds is 4. The van der Waals surface area contributed by atoms with Gasteiger partial charge in [0.15, 0.2) is 5.82 Å². The Morgan fingerprint density at radius 3 is 2.56 bits per heavy atom. The van der Waals surface area contributed by atoms with Crippen LogP contribution >= 0.6 is 11.8 Å². The lowest BCUT2D eigenvalue weighted by Crippen LogP contribution is -2.14. The summed E-state index contributed by atoms with van der Waals surface area (Å²) >= 11 is 1.66. The largest absolute Gasteiger partial charge is 0.496 e. The molecule has 0 unspecified atom stereocenters. The third kappa shape index (κ3) is 2.80. The van der Waals surface area contributed by atoms with Crippen molar-refractivity contribution in [1.29, 1.82) is 0 Å². The van der Waals surface area contributed by atoms with Crippen LogP contribution in [-0.4, -0.2) is 36.1 Å². The van der Waals surface area contributed by atoms with Crippen LogP contribution in [0.3, 0.4) is 0 Å². The fourth-order valence-electron chi connectivity index (χ4n) is 2.81. The molecule has 0 bridgehead atoms. The van der Waals surface area contributed by atoms with Crippen molar-refractivity contribution in [3.05, 3.63) is 54.1 Å². The highest BCUT2D eigenvalue weighted by atomic mass is 32.2. The van der Waals surface area contributed by atoms with Crippen LogP contribution in [0.4, 0.5) is 5.69 Å². The molecule has 3 aromatic rings. The lowest BCUT2D eigenvalue weighted by atomic mass is 10.2. The van der Waals surface area contributed by atoms with Crippen LogP contribution in [0.25, 0.3) is 11.4 Å². The van der Waals surface area contributed by atoms with Gasteiger partial charge in [-0.15, -0.1) is 10.2 Å². The van der Waals surface area contributed by atoms with Crippen molar-refractivity contribution in [1.82, 2.24) is 14.9 Å². The molecule has 0 spiro atoms. The van der Waals surface area contributed by atoms with Crippen molar-refractivity contribution in [3.63, 3.8) is 0 Å². The lowest BCUT2D eigenvalue weighted by Gasteiger charge is -2.16. The van der Waals surface area contributed by atoms with E-state index in [9.17, 15) is 0 Å². The van der Waals surface area contributed by atoms with Crippen molar-refractivity contribution in [2.45, 2.75) is 10.5 Å². The van der Waals surface area contributed by atoms with Crippen LogP contribution in [0.2, 0.25) is 0 Å². The molecule has 0 radical (unpaired) electrons. The topological polar surface area (TPSA) is 55.2 Å². The lowest BCUT2D eigenvalue weighted by molar-refractivity contribution is 0.416. The summed E-state index contributed by atoms with van der Waals surface area (Å²) < 4.78 is 7.39. The van der Waals surface area contributed by atoms with Gasteiger partial charge in [-0.25, -0.2) is 4.68 Å². The first-order chi connectivity index (χ1) is 12.2. The minimum absolute atomic E-state index is 0.107. The van der Waals surface area contributed by atoms with Gasteiger partial charge >= 0.3 is 0 Å². The van der Waals surface area contributed by atoms with E-state index in [-0.39, 0.29) is 5.37 Å². The average molecular weight is 353 g/mol. The third-order valence-corrected chi connectivity index (χ3v) is 5.25. The summed E-state index contributed by atoms with van der Waals surface area (Å²) in [6.07, 6.45) is 0. The van der Waals surface area contributed by atoms with Crippen molar-refractivity contribution in [3.8, 4) is 17.1 Å². The van der Waals surface area contributed by atoms with Crippen molar-refractivity contribution < 1.29 is 4.74 Å². The number of aromatic nitrogens is 3. The molecule has 0 saturated heterocycles. The van der Waals surface area contributed by atoms with E-state index < -0.39 is 0 Å². The molecule has 0 amide bonds. The van der Waals surface area contributed by atoms with Crippen LogP contribution in [0.15, 0.2) is 53.7 Å². The zero-order valence-corrected chi connectivity index (χ0v) is 15.1. The predicted octanol–water partition coefficient (Wildman–Crippen LogP) is 3.37. The number of benzene rings is 2. The molecular formula is C18H19N5OS. The molecule has 1 aliphatic heterocycles. The Bertz CT molecular complexity index is 891. The second kappa shape index (κ2) is 6.33. The van der Waals surface area contributed by atoms with E-state index >= 15 is 0 Å². The first-order valence-electron chi connectivity index (χ1n) is 7.96. The van der Waals surface area contributed by atoms with Gasteiger partial charge in [-0.2, -0.15) is 0 Å². The Labute approximate surface area is 150 Å². The Morgan fingerprint density at radius 2 is 1.84 bits per heavy atom. The van der Waals surface area contributed by atoms with Gasteiger partial charge in [0.2, 0.25) is 5.16 Å². The van der Waals surface area contributed by atoms with Crippen molar-refractivity contribution in [2.24, 2.45) is 0 Å². The van der Waals surface area contributed by atoms with E-state index in [4.69, 9.17) is 4.74 Å². The summed E-state index contributed by atoms with van der Waals surface area (Å²) in [5, 5.41) is 9.60. The Balaban J connectivity index is 1.63. The maximum absolute atomic E-state index is 5.46. The Hall–Kier alpha value is -2.67. The van der Waals surface area contributed by atoms with Gasteiger partial charge in [0.1, 0.15) is 11.1 Å². The maximum atomic E-state index is 5.46. The van der Waals surface area contributed by atoms with Gasteiger partial charge < -0.3 is 15.1 Å². The van der Waals surface area contributed by atoms with E-state index in [2.05, 4.69) is 44.8 Å². The van der Waals surface area contributed by atoms with Crippen molar-refractivity contribution in [2.75, 3.05) is 31.5 Å². The monoisotopic (exact) mass is 353 g/mol. The van der Waals surface area contributed by atoms with Gasteiger partial charge in [0, 0.05) is 19.8 Å². The highest BCUT2D eigenvalue weighted by Crippen LogP contribution is 2.41. The number of nitrogens with zero attached hydrogens (tertiary/aromatic N) is 4. The summed E-state index contributed by atoms with van der Waals surface area (Å²) in [7, 11) is 5.74. The highest BCUT2D eigenvalue weighted by molar-refractivity contribution is 7.99. The number of ether oxygens (including phenoxy) is 1. The molecule has 0 aliphatic carbocycles. The molecule has 1 N–H and O–H groups in total. The molecule has 1 atom stereocenters.